The summed E-state index contributed by atoms with van der Waals surface area (Å²) < 4.78 is 121. The molecule has 0 radical (unpaired) electrons. The van der Waals surface area contributed by atoms with Gasteiger partial charge in [-0.05, 0) is 50.2 Å². The first-order valence-electron chi connectivity index (χ1n) is 12.5. The summed E-state index contributed by atoms with van der Waals surface area (Å²) in [4.78, 5) is 23.4. The van der Waals surface area contributed by atoms with Crippen molar-refractivity contribution in [1.29, 1.82) is 10.5 Å². The minimum absolute atomic E-state index is 0.241. The average molecular weight is 769 g/mol. The number of hydrogen-bond donors (Lipinski definition) is 5. The molecule has 0 saturated carbocycles. The lowest BCUT2D eigenvalue weighted by Crippen LogP contribution is -2.44. The Labute approximate surface area is 280 Å². The molecule has 0 bridgehead atoms. The molecule has 0 aliphatic rings. The molecule has 14 nitrogen and oxygen atoms in total. The Balaban J connectivity index is 0.000000835. The molecule has 49 heavy (non-hydrogen) atoms. The number of carbonyl (C=O) groups is 2. The van der Waals surface area contributed by atoms with E-state index in [9.17, 15) is 63.0 Å². The van der Waals surface area contributed by atoms with Crippen LogP contribution in [0.1, 0.15) is 36.1 Å². The zero-order valence-corrected chi connectivity index (χ0v) is 27.8. The molecule has 0 fully saturated rings. The predicted octanol–water partition coefficient (Wildman–Crippen LogP) is 2.69. The molecule has 23 heteroatoms. The molecule has 2 amide bonds. The molecule has 0 aliphatic heterocycles. The Morgan fingerprint density at radius 3 is 1.39 bits per heavy atom. The van der Waals surface area contributed by atoms with E-state index in [-0.39, 0.29) is 11.4 Å². The number of nitrogens with one attached hydrogen (secondary N) is 2. The van der Waals surface area contributed by atoms with E-state index in [4.69, 9.17) is 15.6 Å². The van der Waals surface area contributed by atoms with Crippen LogP contribution in [0.5, 0.6) is 0 Å². The smallest absolute Gasteiger partial charge is 0.393 e. The van der Waals surface area contributed by atoms with Gasteiger partial charge in [-0.1, -0.05) is 0 Å². The molecule has 0 aromatic heterocycles. The number of amides is 2. The van der Waals surface area contributed by atoms with Crippen molar-refractivity contribution in [2.24, 2.45) is 0 Å². The van der Waals surface area contributed by atoms with Crippen molar-refractivity contribution in [3.63, 3.8) is 0 Å². The largest absolute Gasteiger partial charge is 0.417 e. The van der Waals surface area contributed by atoms with Crippen molar-refractivity contribution in [3.8, 4) is 12.1 Å². The second-order valence-electron chi connectivity index (χ2n) is 10.0. The monoisotopic (exact) mass is 768 g/mol. The third kappa shape index (κ3) is 16.8. The number of aliphatic hydroxyl groups is 3. The zero-order chi connectivity index (χ0) is 38.8. The predicted molar refractivity (Wildman–Crippen MR) is 159 cm³/mol. The summed E-state index contributed by atoms with van der Waals surface area (Å²) in [6.07, 6.45) is -7.93. The molecular weight excluding hydrogens is 742 g/mol. The SMILES string of the molecule is CC(O)(CO)C(=O)Nc1ccc(C#N)c(C(F)(F)F)c1.CC(O)(COS(C)(=O)=O)C(=O)Nc1ccc(C#N)c(C(F)(F)F)c1.CS(=O)(=O)Cl. The van der Waals surface area contributed by atoms with Gasteiger partial charge in [0, 0.05) is 22.1 Å². The van der Waals surface area contributed by atoms with Gasteiger partial charge in [0.15, 0.2) is 11.2 Å². The fraction of sp³-hybridized carbons (Fsp3) is 0.385. The van der Waals surface area contributed by atoms with Crippen LogP contribution in [0.15, 0.2) is 36.4 Å². The second kappa shape index (κ2) is 17.1. The van der Waals surface area contributed by atoms with Crippen molar-refractivity contribution < 1.29 is 72.3 Å². The Morgan fingerprint density at radius 2 is 1.12 bits per heavy atom. The van der Waals surface area contributed by atoms with E-state index in [1.54, 1.807) is 0 Å². The molecule has 0 aliphatic carbocycles. The molecule has 0 heterocycles. The van der Waals surface area contributed by atoms with Crippen molar-refractivity contribution >= 4 is 53.0 Å². The van der Waals surface area contributed by atoms with Gasteiger partial charge in [-0.15, -0.1) is 0 Å². The van der Waals surface area contributed by atoms with Gasteiger partial charge < -0.3 is 26.0 Å². The van der Waals surface area contributed by atoms with E-state index in [1.807, 2.05) is 10.6 Å². The first kappa shape index (κ1) is 45.0. The molecule has 2 unspecified atom stereocenters. The van der Waals surface area contributed by atoms with Crippen molar-refractivity contribution in [2.75, 3.05) is 36.4 Å². The van der Waals surface area contributed by atoms with E-state index in [2.05, 4.69) is 14.9 Å². The molecule has 0 saturated heterocycles. The fourth-order valence-electron chi connectivity index (χ4n) is 2.80. The maximum absolute atomic E-state index is 12.8. The van der Waals surface area contributed by atoms with Gasteiger partial charge in [0.25, 0.3) is 21.9 Å². The molecule has 5 N–H and O–H groups in total. The van der Waals surface area contributed by atoms with Gasteiger partial charge in [-0.25, -0.2) is 8.42 Å². The Bertz CT molecular complexity index is 1810. The van der Waals surface area contributed by atoms with Crippen LogP contribution < -0.4 is 10.6 Å². The van der Waals surface area contributed by atoms with Gasteiger partial charge in [-0.3, -0.25) is 13.8 Å². The second-order valence-corrected chi connectivity index (χ2v) is 14.7. The fourth-order valence-corrected chi connectivity index (χ4v) is 3.24. The first-order valence-corrected chi connectivity index (χ1v) is 17.1. The number of alkyl halides is 6. The summed E-state index contributed by atoms with van der Waals surface area (Å²) in [6.45, 7) is 0.139. The number of nitriles is 2. The summed E-state index contributed by atoms with van der Waals surface area (Å²) in [7, 11) is -2.62. The number of nitrogens with zero attached hydrogens (tertiary/aromatic N) is 2. The maximum Gasteiger partial charge on any atom is 0.417 e. The zero-order valence-electron chi connectivity index (χ0n) is 25.4. The number of rotatable bonds is 8. The lowest BCUT2D eigenvalue weighted by molar-refractivity contribution is -0.138. The van der Waals surface area contributed by atoms with Gasteiger partial charge in [0.1, 0.15) is 6.61 Å². The number of aliphatic hydroxyl groups excluding tert-OH is 1. The van der Waals surface area contributed by atoms with E-state index >= 15 is 0 Å². The Hall–Kier alpha value is -4.03. The standard InChI is InChI=1S/C13H13F3N2O5S.C12H11F3N2O3.CH3ClO2S/c1-12(20,7-23-24(2,21)22)11(19)18-9-4-3-8(6-17)10(5-9)13(14,15)16;1-11(20,6-18)10(19)17-8-3-2-7(5-16)9(4-8)12(13,14)15;1-5(2,3)4/h3-5,20H,7H2,1-2H3,(H,18,19);2-4,18,20H,6H2,1H3,(H,17,19);1H3. The summed E-state index contributed by atoms with van der Waals surface area (Å²) >= 11 is 0. The van der Waals surface area contributed by atoms with E-state index < -0.39 is 90.0 Å². The van der Waals surface area contributed by atoms with Gasteiger partial charge in [-0.2, -0.15) is 45.3 Å². The van der Waals surface area contributed by atoms with E-state index in [1.165, 1.54) is 12.1 Å². The van der Waals surface area contributed by atoms with Crippen molar-refractivity contribution in [3.05, 3.63) is 58.7 Å². The number of carbonyl (C=O) groups excluding carboxylic acids is 2. The van der Waals surface area contributed by atoms with Crippen molar-refractivity contribution in [1.82, 2.24) is 0 Å². The highest BCUT2D eigenvalue weighted by Gasteiger charge is 2.37. The topological polar surface area (TPSA) is 244 Å². The lowest BCUT2D eigenvalue weighted by Gasteiger charge is -2.21. The highest BCUT2D eigenvalue weighted by Crippen LogP contribution is 2.34. The normalized spacial score (nSPS) is 14.1. The van der Waals surface area contributed by atoms with Gasteiger partial charge >= 0.3 is 12.4 Å². The molecule has 2 aromatic rings. The van der Waals surface area contributed by atoms with Gasteiger partial charge in [0.05, 0.1) is 53.5 Å². The minimum Gasteiger partial charge on any atom is -0.393 e. The van der Waals surface area contributed by atoms with E-state index in [0.29, 0.717) is 18.4 Å². The Morgan fingerprint density at radius 1 is 0.796 bits per heavy atom. The van der Waals surface area contributed by atoms with Crippen molar-refractivity contribution in [2.45, 2.75) is 37.4 Å². The molecule has 2 aromatic carbocycles. The van der Waals surface area contributed by atoms with Crippen LogP contribution >= 0.6 is 10.7 Å². The van der Waals surface area contributed by atoms with Crippen LogP contribution in [-0.2, 0) is 45.3 Å². The minimum atomic E-state index is -4.81. The Kier molecular flexibility index (Phi) is 15.7. The van der Waals surface area contributed by atoms with Crippen LogP contribution in [0, 0.1) is 22.7 Å². The summed E-state index contributed by atoms with van der Waals surface area (Å²) in [5, 5.41) is 49.4. The lowest BCUT2D eigenvalue weighted by atomic mass is 10.1. The molecule has 2 rings (SSSR count). The average Bonchev–Trinajstić information content (AvgIpc) is 2.94. The number of anilines is 2. The summed E-state index contributed by atoms with van der Waals surface area (Å²) in [5.41, 5.74) is -8.66. The quantitative estimate of drug-likeness (QED) is 0.148. The van der Waals surface area contributed by atoms with Crippen LogP contribution in [0.3, 0.4) is 0 Å². The first-order chi connectivity index (χ1) is 21.9. The maximum atomic E-state index is 12.8. The highest BCUT2D eigenvalue weighted by molar-refractivity contribution is 8.13. The molecule has 0 spiro atoms. The number of halogens is 7. The van der Waals surface area contributed by atoms with E-state index in [0.717, 1.165) is 44.4 Å². The number of benzene rings is 2. The summed E-state index contributed by atoms with van der Waals surface area (Å²) in [5.74, 6) is -2.23. The third-order valence-corrected chi connectivity index (χ3v) is 5.79. The van der Waals surface area contributed by atoms with Crippen LogP contribution in [0.4, 0.5) is 37.7 Å². The third-order valence-electron chi connectivity index (χ3n) is 5.25. The number of hydrogen-bond acceptors (Lipinski definition) is 12. The van der Waals surface area contributed by atoms with Crippen LogP contribution in [0.25, 0.3) is 0 Å². The summed E-state index contributed by atoms with van der Waals surface area (Å²) in [6, 6.07) is 7.81. The molecular formula is C26H27ClF6N4O10S2. The molecule has 2 atom stereocenters. The van der Waals surface area contributed by atoms with Crippen LogP contribution in [-0.4, -0.2) is 80.9 Å². The highest BCUT2D eigenvalue weighted by atomic mass is 35.7. The van der Waals surface area contributed by atoms with Gasteiger partial charge in [0.2, 0.25) is 9.05 Å². The molecule has 272 valence electrons. The van der Waals surface area contributed by atoms with Crippen LogP contribution in [0.2, 0.25) is 0 Å².